The third-order valence-electron chi connectivity index (χ3n) is 3.27. The molecule has 19 heavy (non-hydrogen) atoms. The van der Waals surface area contributed by atoms with Gasteiger partial charge in [0.05, 0.1) is 6.61 Å². The summed E-state index contributed by atoms with van der Waals surface area (Å²) in [7, 11) is 0. The fraction of sp³-hybridized carbons (Fsp3) is 0.625. The molecule has 0 aliphatic heterocycles. The van der Waals surface area contributed by atoms with Gasteiger partial charge in [-0.05, 0) is 61.9 Å². The predicted molar refractivity (Wildman–Crippen MR) is 83.2 cm³/mol. The van der Waals surface area contributed by atoms with Gasteiger partial charge in [0.15, 0.2) is 0 Å². The number of hydrogen-bond acceptors (Lipinski definition) is 2. The molecular formula is C16H26ClNO. The zero-order chi connectivity index (χ0) is 14.1. The molecule has 1 rings (SSSR count). The van der Waals surface area contributed by atoms with Gasteiger partial charge in [0.25, 0.3) is 0 Å². The van der Waals surface area contributed by atoms with Crippen molar-refractivity contribution in [3.8, 4) is 5.75 Å². The molecule has 0 aliphatic rings. The molecule has 0 fully saturated rings. The summed E-state index contributed by atoms with van der Waals surface area (Å²) in [5.41, 5.74) is 6.89. The highest BCUT2D eigenvalue weighted by Gasteiger charge is 2.16. The molecule has 0 radical (unpaired) electrons. The largest absolute Gasteiger partial charge is 0.493 e. The zero-order valence-corrected chi connectivity index (χ0v) is 12.9. The van der Waals surface area contributed by atoms with Gasteiger partial charge in [0, 0.05) is 5.02 Å². The van der Waals surface area contributed by atoms with Gasteiger partial charge in [-0.1, -0.05) is 31.9 Å². The third kappa shape index (κ3) is 5.42. The van der Waals surface area contributed by atoms with Gasteiger partial charge in [0.1, 0.15) is 5.75 Å². The van der Waals surface area contributed by atoms with Gasteiger partial charge in [-0.3, -0.25) is 0 Å². The Balaban J connectivity index is 2.93. The van der Waals surface area contributed by atoms with Gasteiger partial charge in [0.2, 0.25) is 0 Å². The van der Waals surface area contributed by atoms with E-state index in [1.807, 2.05) is 12.1 Å². The maximum Gasteiger partial charge on any atom is 0.122 e. The molecule has 1 unspecified atom stereocenters. The van der Waals surface area contributed by atoms with Gasteiger partial charge in [-0.25, -0.2) is 0 Å². The summed E-state index contributed by atoms with van der Waals surface area (Å²) in [5, 5.41) is 0.785. The Morgan fingerprint density at radius 1 is 1.21 bits per heavy atom. The van der Waals surface area contributed by atoms with Crippen LogP contribution in [-0.2, 0) is 0 Å². The van der Waals surface area contributed by atoms with Crippen LogP contribution in [0.25, 0.3) is 0 Å². The van der Waals surface area contributed by atoms with Crippen LogP contribution in [0.4, 0.5) is 0 Å². The van der Waals surface area contributed by atoms with Gasteiger partial charge < -0.3 is 10.5 Å². The molecular weight excluding hydrogens is 258 g/mol. The van der Waals surface area contributed by atoms with Crippen LogP contribution in [-0.4, -0.2) is 13.2 Å². The molecule has 0 saturated carbocycles. The molecule has 0 saturated heterocycles. The van der Waals surface area contributed by atoms with Crippen LogP contribution in [0.1, 0.15) is 57.4 Å². The van der Waals surface area contributed by atoms with Crippen molar-refractivity contribution in [3.63, 3.8) is 0 Å². The van der Waals surface area contributed by atoms with Crippen molar-refractivity contribution in [2.45, 2.75) is 51.9 Å². The SMILES string of the molecule is CCCOc1ccc(Cl)cc1C(CCC)CCCN. The van der Waals surface area contributed by atoms with Crippen LogP contribution in [0.5, 0.6) is 5.75 Å². The minimum atomic E-state index is 0.499. The Kier molecular flexibility index (Phi) is 7.92. The smallest absolute Gasteiger partial charge is 0.122 e. The van der Waals surface area contributed by atoms with Crippen LogP contribution in [0.3, 0.4) is 0 Å². The molecule has 2 N–H and O–H groups in total. The van der Waals surface area contributed by atoms with E-state index in [1.165, 1.54) is 5.56 Å². The molecule has 0 amide bonds. The Hall–Kier alpha value is -0.730. The zero-order valence-electron chi connectivity index (χ0n) is 12.1. The van der Waals surface area contributed by atoms with Crippen LogP contribution >= 0.6 is 11.6 Å². The Bertz CT molecular complexity index is 368. The lowest BCUT2D eigenvalue weighted by Gasteiger charge is -2.20. The first-order valence-electron chi connectivity index (χ1n) is 7.35. The molecule has 1 atom stereocenters. The highest BCUT2D eigenvalue weighted by Crippen LogP contribution is 2.35. The monoisotopic (exact) mass is 283 g/mol. The fourth-order valence-corrected chi connectivity index (χ4v) is 2.53. The van der Waals surface area contributed by atoms with E-state index in [4.69, 9.17) is 22.1 Å². The van der Waals surface area contributed by atoms with Crippen molar-refractivity contribution >= 4 is 11.6 Å². The maximum atomic E-state index is 6.15. The standard InChI is InChI=1S/C16H26ClNO/c1-3-6-13(7-5-10-18)15-12-14(17)8-9-16(15)19-11-4-2/h8-9,12-13H,3-7,10-11,18H2,1-2H3. The van der Waals surface area contributed by atoms with E-state index in [-0.39, 0.29) is 0 Å². The second-order valence-corrected chi connectivity index (χ2v) is 5.38. The lowest BCUT2D eigenvalue weighted by Crippen LogP contribution is -2.07. The molecule has 0 heterocycles. The first-order chi connectivity index (χ1) is 9.22. The molecule has 2 nitrogen and oxygen atoms in total. The molecule has 0 aliphatic carbocycles. The summed E-state index contributed by atoms with van der Waals surface area (Å²) in [6.07, 6.45) is 5.48. The number of halogens is 1. The minimum absolute atomic E-state index is 0.499. The molecule has 0 spiro atoms. The van der Waals surface area contributed by atoms with Gasteiger partial charge >= 0.3 is 0 Å². The van der Waals surface area contributed by atoms with Crippen LogP contribution in [0.15, 0.2) is 18.2 Å². The van der Waals surface area contributed by atoms with E-state index in [9.17, 15) is 0 Å². The van der Waals surface area contributed by atoms with E-state index in [1.54, 1.807) is 0 Å². The molecule has 108 valence electrons. The second kappa shape index (κ2) is 9.22. The maximum absolute atomic E-state index is 6.15. The number of benzene rings is 1. The Labute approximate surface area is 122 Å². The molecule has 0 aromatic heterocycles. The second-order valence-electron chi connectivity index (χ2n) is 4.95. The summed E-state index contributed by atoms with van der Waals surface area (Å²) in [4.78, 5) is 0. The average molecular weight is 284 g/mol. The lowest BCUT2D eigenvalue weighted by atomic mass is 9.89. The first kappa shape index (κ1) is 16.3. The lowest BCUT2D eigenvalue weighted by molar-refractivity contribution is 0.310. The average Bonchev–Trinajstić information content (AvgIpc) is 2.42. The minimum Gasteiger partial charge on any atom is -0.493 e. The summed E-state index contributed by atoms with van der Waals surface area (Å²) < 4.78 is 5.86. The number of rotatable bonds is 9. The van der Waals surface area contributed by atoms with Crippen molar-refractivity contribution < 1.29 is 4.74 Å². The van der Waals surface area contributed by atoms with Crippen molar-refractivity contribution in [2.75, 3.05) is 13.2 Å². The molecule has 1 aromatic rings. The highest BCUT2D eigenvalue weighted by molar-refractivity contribution is 6.30. The van der Waals surface area contributed by atoms with Crippen LogP contribution in [0.2, 0.25) is 5.02 Å². The first-order valence-corrected chi connectivity index (χ1v) is 7.73. The molecule has 3 heteroatoms. The fourth-order valence-electron chi connectivity index (χ4n) is 2.35. The topological polar surface area (TPSA) is 35.2 Å². The highest BCUT2D eigenvalue weighted by atomic mass is 35.5. The van der Waals surface area contributed by atoms with E-state index >= 15 is 0 Å². The summed E-state index contributed by atoms with van der Waals surface area (Å²) in [5.74, 6) is 1.49. The Morgan fingerprint density at radius 2 is 2.00 bits per heavy atom. The van der Waals surface area contributed by atoms with Crippen molar-refractivity contribution in [3.05, 3.63) is 28.8 Å². The van der Waals surface area contributed by atoms with E-state index < -0.39 is 0 Å². The Morgan fingerprint density at radius 3 is 2.63 bits per heavy atom. The van der Waals surface area contributed by atoms with Crippen molar-refractivity contribution in [1.82, 2.24) is 0 Å². The third-order valence-corrected chi connectivity index (χ3v) is 3.50. The number of ether oxygens (including phenoxy) is 1. The summed E-state index contributed by atoms with van der Waals surface area (Å²) >= 11 is 6.15. The normalized spacial score (nSPS) is 12.4. The summed E-state index contributed by atoms with van der Waals surface area (Å²) in [6, 6.07) is 5.96. The van der Waals surface area contributed by atoms with E-state index in [2.05, 4.69) is 19.9 Å². The van der Waals surface area contributed by atoms with Crippen molar-refractivity contribution in [2.24, 2.45) is 5.73 Å². The number of nitrogens with two attached hydrogens (primary N) is 1. The number of hydrogen-bond donors (Lipinski definition) is 1. The van der Waals surface area contributed by atoms with Crippen LogP contribution < -0.4 is 10.5 Å². The molecule has 1 aromatic carbocycles. The van der Waals surface area contributed by atoms with Crippen LogP contribution in [0, 0.1) is 0 Å². The quantitative estimate of drug-likeness (QED) is 0.710. The predicted octanol–water partition coefficient (Wildman–Crippen LogP) is 4.75. The van der Waals surface area contributed by atoms with E-state index in [0.29, 0.717) is 5.92 Å². The van der Waals surface area contributed by atoms with E-state index in [0.717, 1.165) is 56.0 Å². The summed E-state index contributed by atoms with van der Waals surface area (Å²) in [6.45, 7) is 5.83. The van der Waals surface area contributed by atoms with Gasteiger partial charge in [-0.2, -0.15) is 0 Å². The van der Waals surface area contributed by atoms with Crippen molar-refractivity contribution in [1.29, 1.82) is 0 Å². The molecule has 0 bridgehead atoms. The van der Waals surface area contributed by atoms with Gasteiger partial charge in [-0.15, -0.1) is 0 Å².